The van der Waals surface area contributed by atoms with Crippen LogP contribution >= 0.6 is 0 Å². The highest BCUT2D eigenvalue weighted by Gasteiger charge is 2.43. The first-order valence-corrected chi connectivity index (χ1v) is 8.76. The third-order valence-electron chi connectivity index (χ3n) is 4.00. The molecule has 0 heterocycles. The summed E-state index contributed by atoms with van der Waals surface area (Å²) in [5, 5.41) is 5.30. The molecule has 1 unspecified atom stereocenters. The van der Waals surface area contributed by atoms with Gasteiger partial charge in [-0.3, -0.25) is 14.4 Å². The molecular weight excluding hydrogens is 330 g/mol. The molecule has 0 fully saturated rings. The van der Waals surface area contributed by atoms with E-state index in [1.165, 1.54) is 0 Å². The molecular formula is C20H31N3O3. The van der Waals surface area contributed by atoms with E-state index in [1.54, 1.807) is 36.2 Å². The van der Waals surface area contributed by atoms with Gasteiger partial charge in [-0.1, -0.05) is 39.0 Å². The molecule has 0 aliphatic heterocycles. The number of nitrogens with zero attached hydrogens (tertiary/aromatic N) is 1. The molecule has 0 aliphatic rings. The molecule has 1 rings (SSSR count). The Bertz CT molecular complexity index is 643. The van der Waals surface area contributed by atoms with Crippen LogP contribution in [0.2, 0.25) is 0 Å². The van der Waals surface area contributed by atoms with Gasteiger partial charge in [0.05, 0.1) is 6.54 Å². The monoisotopic (exact) mass is 361 g/mol. The van der Waals surface area contributed by atoms with Crippen LogP contribution in [-0.4, -0.2) is 47.8 Å². The van der Waals surface area contributed by atoms with Gasteiger partial charge in [-0.15, -0.1) is 0 Å². The summed E-state index contributed by atoms with van der Waals surface area (Å²) in [6, 6.07) is 8.06. The van der Waals surface area contributed by atoms with E-state index < -0.39 is 17.0 Å². The van der Waals surface area contributed by atoms with Crippen LogP contribution in [-0.2, 0) is 9.59 Å². The lowest BCUT2D eigenvalue weighted by atomic mass is 9.82. The summed E-state index contributed by atoms with van der Waals surface area (Å²) >= 11 is 0. The van der Waals surface area contributed by atoms with Gasteiger partial charge in [0.1, 0.15) is 6.04 Å². The quantitative estimate of drug-likeness (QED) is 0.844. The first kappa shape index (κ1) is 21.7. The number of carbonyl (C=O) groups is 3. The minimum Gasteiger partial charge on any atom is -0.357 e. The Morgan fingerprint density at radius 3 is 1.96 bits per heavy atom. The molecule has 0 aliphatic carbocycles. The largest absolute Gasteiger partial charge is 0.357 e. The summed E-state index contributed by atoms with van der Waals surface area (Å²) in [6.45, 7) is 11.2. The molecule has 1 aromatic rings. The van der Waals surface area contributed by atoms with E-state index in [9.17, 15) is 14.4 Å². The maximum atomic E-state index is 13.0. The van der Waals surface area contributed by atoms with Gasteiger partial charge < -0.3 is 15.5 Å². The van der Waals surface area contributed by atoms with Crippen LogP contribution in [0.5, 0.6) is 0 Å². The average Bonchev–Trinajstić information content (AvgIpc) is 2.55. The molecule has 6 nitrogen and oxygen atoms in total. The molecule has 0 spiro atoms. The molecule has 1 atom stereocenters. The van der Waals surface area contributed by atoms with E-state index in [4.69, 9.17) is 0 Å². The molecule has 2 N–H and O–H groups in total. The Labute approximate surface area is 156 Å². The summed E-state index contributed by atoms with van der Waals surface area (Å²) in [7, 11) is 1.56. The Kier molecular flexibility index (Phi) is 6.95. The van der Waals surface area contributed by atoms with E-state index in [0.29, 0.717) is 5.56 Å². The highest BCUT2D eigenvalue weighted by molar-refractivity contribution is 5.97. The lowest BCUT2D eigenvalue weighted by molar-refractivity contribution is -0.150. The normalized spacial score (nSPS) is 12.9. The molecule has 26 heavy (non-hydrogen) atoms. The SMILES string of the molecule is CNC(=O)C(N(C(=O)CNC(=O)c1ccccc1)C(C)(C)C)C(C)(C)C. The van der Waals surface area contributed by atoms with E-state index in [-0.39, 0.29) is 24.3 Å². The number of hydrogen-bond acceptors (Lipinski definition) is 3. The Morgan fingerprint density at radius 2 is 1.54 bits per heavy atom. The van der Waals surface area contributed by atoms with Gasteiger partial charge in [0.25, 0.3) is 5.91 Å². The fourth-order valence-electron chi connectivity index (χ4n) is 2.87. The smallest absolute Gasteiger partial charge is 0.251 e. The number of rotatable bonds is 5. The van der Waals surface area contributed by atoms with Crippen LogP contribution in [0.15, 0.2) is 30.3 Å². The zero-order chi connectivity index (χ0) is 20.1. The van der Waals surface area contributed by atoms with Crippen LogP contribution < -0.4 is 10.6 Å². The zero-order valence-electron chi connectivity index (χ0n) is 16.8. The van der Waals surface area contributed by atoms with Crippen molar-refractivity contribution in [2.45, 2.75) is 53.1 Å². The van der Waals surface area contributed by atoms with Crippen LogP contribution in [0, 0.1) is 5.41 Å². The molecule has 3 amide bonds. The second-order valence-electron chi connectivity index (χ2n) is 8.37. The first-order chi connectivity index (χ1) is 11.9. The predicted octanol–water partition coefficient (Wildman–Crippen LogP) is 2.20. The van der Waals surface area contributed by atoms with Crippen LogP contribution in [0.25, 0.3) is 0 Å². The Hall–Kier alpha value is -2.37. The first-order valence-electron chi connectivity index (χ1n) is 8.76. The lowest BCUT2D eigenvalue weighted by Gasteiger charge is -2.46. The minimum atomic E-state index is -0.659. The molecule has 1 aromatic carbocycles. The summed E-state index contributed by atoms with van der Waals surface area (Å²) in [5.41, 5.74) is -0.563. The van der Waals surface area contributed by atoms with Crippen molar-refractivity contribution >= 4 is 17.7 Å². The Balaban J connectivity index is 3.03. The number of amides is 3. The highest BCUT2D eigenvalue weighted by atomic mass is 16.2. The second-order valence-corrected chi connectivity index (χ2v) is 8.37. The van der Waals surface area contributed by atoms with Gasteiger partial charge in [0.2, 0.25) is 11.8 Å². The van der Waals surface area contributed by atoms with Crippen molar-refractivity contribution in [2.24, 2.45) is 5.41 Å². The molecule has 0 saturated heterocycles. The number of nitrogens with one attached hydrogen (secondary N) is 2. The van der Waals surface area contributed by atoms with Crippen molar-refractivity contribution in [3.05, 3.63) is 35.9 Å². The summed E-state index contributed by atoms with van der Waals surface area (Å²) in [6.07, 6.45) is 0. The molecule has 144 valence electrons. The van der Waals surface area contributed by atoms with Crippen molar-refractivity contribution in [3.8, 4) is 0 Å². The fourth-order valence-corrected chi connectivity index (χ4v) is 2.87. The van der Waals surface area contributed by atoms with Crippen molar-refractivity contribution < 1.29 is 14.4 Å². The number of carbonyl (C=O) groups excluding carboxylic acids is 3. The number of hydrogen-bond donors (Lipinski definition) is 2. The van der Waals surface area contributed by atoms with E-state index in [0.717, 1.165) is 0 Å². The summed E-state index contributed by atoms with van der Waals surface area (Å²) in [5.74, 6) is -0.847. The number of benzene rings is 1. The fraction of sp³-hybridized carbons (Fsp3) is 0.550. The topological polar surface area (TPSA) is 78.5 Å². The van der Waals surface area contributed by atoms with Crippen molar-refractivity contribution in [3.63, 3.8) is 0 Å². The van der Waals surface area contributed by atoms with E-state index in [2.05, 4.69) is 10.6 Å². The maximum Gasteiger partial charge on any atom is 0.251 e. The minimum absolute atomic E-state index is 0.172. The third kappa shape index (κ3) is 5.58. The van der Waals surface area contributed by atoms with Gasteiger partial charge >= 0.3 is 0 Å². The Morgan fingerprint density at radius 1 is 1.00 bits per heavy atom. The van der Waals surface area contributed by atoms with Gasteiger partial charge in [-0.2, -0.15) is 0 Å². The van der Waals surface area contributed by atoms with E-state index in [1.807, 2.05) is 47.6 Å². The third-order valence-corrected chi connectivity index (χ3v) is 4.00. The highest BCUT2D eigenvalue weighted by Crippen LogP contribution is 2.30. The summed E-state index contributed by atoms with van der Waals surface area (Å²) in [4.78, 5) is 39.3. The lowest BCUT2D eigenvalue weighted by Crippen LogP contribution is -2.62. The molecule has 0 saturated carbocycles. The maximum absolute atomic E-state index is 13.0. The van der Waals surface area contributed by atoms with E-state index >= 15 is 0 Å². The second kappa shape index (κ2) is 8.34. The average molecular weight is 361 g/mol. The van der Waals surface area contributed by atoms with Crippen LogP contribution in [0.4, 0.5) is 0 Å². The van der Waals surface area contributed by atoms with Gasteiger partial charge in [0.15, 0.2) is 0 Å². The standard InChI is InChI=1S/C20H31N3O3/c1-19(2,3)16(18(26)21-7)23(20(4,5)6)15(24)13-22-17(25)14-11-9-8-10-12-14/h8-12,16H,13H2,1-7H3,(H,21,26)(H,22,25). The van der Waals surface area contributed by atoms with Crippen molar-refractivity contribution in [1.82, 2.24) is 15.5 Å². The van der Waals surface area contributed by atoms with Gasteiger partial charge in [-0.05, 0) is 38.3 Å². The number of likely N-dealkylation sites (N-methyl/N-ethyl adjacent to an activating group) is 1. The van der Waals surface area contributed by atoms with Gasteiger partial charge in [-0.25, -0.2) is 0 Å². The summed E-state index contributed by atoms with van der Waals surface area (Å²) < 4.78 is 0. The molecule has 0 radical (unpaired) electrons. The van der Waals surface area contributed by atoms with Gasteiger partial charge in [0, 0.05) is 18.2 Å². The zero-order valence-corrected chi connectivity index (χ0v) is 16.8. The molecule has 0 aromatic heterocycles. The van der Waals surface area contributed by atoms with Crippen LogP contribution in [0.1, 0.15) is 51.9 Å². The van der Waals surface area contributed by atoms with Crippen LogP contribution in [0.3, 0.4) is 0 Å². The van der Waals surface area contributed by atoms with Crippen molar-refractivity contribution in [2.75, 3.05) is 13.6 Å². The molecule has 6 heteroatoms. The van der Waals surface area contributed by atoms with Crippen molar-refractivity contribution in [1.29, 1.82) is 0 Å². The predicted molar refractivity (Wildman–Crippen MR) is 103 cm³/mol. The molecule has 0 bridgehead atoms.